The molecular formula is C31H28N8O2. The van der Waals surface area contributed by atoms with Gasteiger partial charge >= 0.3 is 5.69 Å². The highest BCUT2D eigenvalue weighted by Gasteiger charge is 2.27. The van der Waals surface area contributed by atoms with E-state index in [9.17, 15) is 14.9 Å². The Balaban J connectivity index is 1.63. The van der Waals surface area contributed by atoms with Gasteiger partial charge < -0.3 is 10.6 Å². The number of nitrogens with zero attached hydrogens (tertiary/aromatic N) is 7. The van der Waals surface area contributed by atoms with E-state index in [4.69, 9.17) is 10.7 Å². The molecule has 0 saturated carbocycles. The number of nitrogens with two attached hydrogens (primary N) is 1. The first-order valence-electron chi connectivity index (χ1n) is 13.5. The third kappa shape index (κ3) is 4.65. The molecule has 1 aliphatic rings. The minimum atomic E-state index is -0.546. The maximum atomic E-state index is 14.2. The molecule has 0 aliphatic carbocycles. The standard InChI is InChI=1S/C31H28N8O2/c1-2-3-16-37-27-28(35-30(37)36-15-9-11-22(33)19-36)39(24-12-5-4-6-13-24)31(41)38(29(27)40)20-23-17-21-10-7-8-14-25(21)26(18-32)34-23/h4-8,10,12-14,17,22H,9,11,15-16,19-20,33H2,1H3. The van der Waals surface area contributed by atoms with Crippen molar-refractivity contribution >= 4 is 27.9 Å². The van der Waals surface area contributed by atoms with Gasteiger partial charge in [0.1, 0.15) is 11.8 Å². The fourth-order valence-electron chi connectivity index (χ4n) is 5.49. The Kier molecular flexibility index (Phi) is 6.84. The Morgan fingerprint density at radius 3 is 2.59 bits per heavy atom. The van der Waals surface area contributed by atoms with Crippen molar-refractivity contribution in [3.8, 4) is 23.6 Å². The zero-order valence-electron chi connectivity index (χ0n) is 22.6. The number of imidazole rings is 1. The van der Waals surface area contributed by atoms with Crippen LogP contribution in [0.5, 0.6) is 0 Å². The van der Waals surface area contributed by atoms with E-state index in [1.54, 1.807) is 29.7 Å². The summed E-state index contributed by atoms with van der Waals surface area (Å²) in [7, 11) is 0. The summed E-state index contributed by atoms with van der Waals surface area (Å²) >= 11 is 0. The lowest BCUT2D eigenvalue weighted by Gasteiger charge is -2.31. The molecule has 6 rings (SSSR count). The average molecular weight is 545 g/mol. The molecule has 1 atom stereocenters. The van der Waals surface area contributed by atoms with Crippen LogP contribution >= 0.6 is 0 Å². The molecule has 5 aromatic rings. The van der Waals surface area contributed by atoms with Crippen molar-refractivity contribution in [1.82, 2.24) is 23.7 Å². The van der Waals surface area contributed by atoms with Crippen LogP contribution in [0, 0.1) is 23.2 Å². The van der Waals surface area contributed by atoms with E-state index >= 15 is 0 Å². The summed E-state index contributed by atoms with van der Waals surface area (Å²) in [5, 5.41) is 11.3. The van der Waals surface area contributed by atoms with Crippen LogP contribution in [0.4, 0.5) is 5.95 Å². The first-order valence-corrected chi connectivity index (χ1v) is 13.5. The van der Waals surface area contributed by atoms with E-state index < -0.39 is 11.2 Å². The second-order valence-corrected chi connectivity index (χ2v) is 10.1. The predicted octanol–water partition coefficient (Wildman–Crippen LogP) is 2.77. The van der Waals surface area contributed by atoms with Crippen molar-refractivity contribution < 1.29 is 0 Å². The molecule has 1 saturated heterocycles. The SMILES string of the molecule is CC#CCn1c(N2CCCC(N)C2)nc2c1c(=O)n(Cc1cc3ccccc3c(C#N)n1)c(=O)n2-c1ccccc1. The monoisotopic (exact) mass is 544 g/mol. The summed E-state index contributed by atoms with van der Waals surface area (Å²) in [6.45, 7) is 3.17. The zero-order valence-corrected chi connectivity index (χ0v) is 22.6. The van der Waals surface area contributed by atoms with E-state index in [2.05, 4.69) is 27.8 Å². The topological polar surface area (TPSA) is 128 Å². The number of nitriles is 1. The molecule has 1 unspecified atom stereocenters. The second-order valence-electron chi connectivity index (χ2n) is 10.1. The Morgan fingerprint density at radius 2 is 1.83 bits per heavy atom. The van der Waals surface area contributed by atoms with Gasteiger partial charge in [-0.3, -0.25) is 13.9 Å². The molecule has 1 aliphatic heterocycles. The summed E-state index contributed by atoms with van der Waals surface area (Å²) < 4.78 is 4.42. The molecule has 0 radical (unpaired) electrons. The first-order chi connectivity index (χ1) is 20.0. The molecule has 2 aromatic carbocycles. The van der Waals surface area contributed by atoms with Gasteiger partial charge in [0.25, 0.3) is 5.56 Å². The summed E-state index contributed by atoms with van der Waals surface area (Å²) in [5.74, 6) is 6.54. The van der Waals surface area contributed by atoms with Gasteiger partial charge in [0, 0.05) is 24.5 Å². The second kappa shape index (κ2) is 10.8. The number of rotatable bonds is 5. The number of piperidine rings is 1. The summed E-state index contributed by atoms with van der Waals surface area (Å²) in [4.78, 5) is 39.8. The van der Waals surface area contributed by atoms with Crippen molar-refractivity contribution in [2.75, 3.05) is 18.0 Å². The molecule has 204 valence electrons. The molecule has 10 nitrogen and oxygen atoms in total. The summed E-state index contributed by atoms with van der Waals surface area (Å²) in [6, 6.07) is 20.5. The highest BCUT2D eigenvalue weighted by molar-refractivity contribution is 5.86. The predicted molar refractivity (Wildman–Crippen MR) is 158 cm³/mol. The Labute approximate surface area is 235 Å². The maximum absolute atomic E-state index is 14.2. The number of hydrogen-bond donors (Lipinski definition) is 1. The van der Waals surface area contributed by atoms with E-state index in [0.717, 1.165) is 29.3 Å². The highest BCUT2D eigenvalue weighted by Crippen LogP contribution is 2.25. The number of anilines is 1. The van der Waals surface area contributed by atoms with Gasteiger partial charge in [0.2, 0.25) is 5.95 Å². The van der Waals surface area contributed by atoms with Gasteiger partial charge in [-0.05, 0) is 43.4 Å². The van der Waals surface area contributed by atoms with Gasteiger partial charge in [0.05, 0.1) is 24.5 Å². The van der Waals surface area contributed by atoms with Gasteiger partial charge in [-0.2, -0.15) is 10.2 Å². The van der Waals surface area contributed by atoms with Crippen LogP contribution in [0.1, 0.15) is 31.2 Å². The number of benzene rings is 2. The van der Waals surface area contributed by atoms with E-state index in [1.165, 1.54) is 4.57 Å². The minimum absolute atomic E-state index is 0.0180. The third-order valence-electron chi connectivity index (χ3n) is 7.40. The molecule has 3 aromatic heterocycles. The number of pyridine rings is 1. The normalized spacial score (nSPS) is 15.0. The van der Waals surface area contributed by atoms with Crippen molar-refractivity contribution in [2.45, 2.75) is 38.9 Å². The van der Waals surface area contributed by atoms with Crippen LogP contribution in [0.15, 0.2) is 70.3 Å². The molecule has 0 spiro atoms. The van der Waals surface area contributed by atoms with Crippen LogP contribution in [0.2, 0.25) is 0 Å². The third-order valence-corrected chi connectivity index (χ3v) is 7.40. The highest BCUT2D eigenvalue weighted by atomic mass is 16.2. The molecule has 0 bridgehead atoms. The number of aromatic nitrogens is 5. The molecule has 0 amide bonds. The van der Waals surface area contributed by atoms with E-state index in [0.29, 0.717) is 29.3 Å². The van der Waals surface area contributed by atoms with Gasteiger partial charge in [-0.1, -0.05) is 48.4 Å². The Morgan fingerprint density at radius 1 is 1.05 bits per heavy atom. The lowest BCUT2D eigenvalue weighted by molar-refractivity contribution is 0.496. The van der Waals surface area contributed by atoms with Gasteiger partial charge in [0.15, 0.2) is 11.2 Å². The summed E-state index contributed by atoms with van der Waals surface area (Å²) in [5.41, 5.74) is 7.03. The fourth-order valence-corrected chi connectivity index (χ4v) is 5.49. The molecule has 1 fully saturated rings. The average Bonchev–Trinajstić information content (AvgIpc) is 3.37. The Bertz CT molecular complexity index is 2000. The van der Waals surface area contributed by atoms with Crippen molar-refractivity contribution in [1.29, 1.82) is 5.26 Å². The fraction of sp³-hybridized carbons (Fsp3) is 0.258. The quantitative estimate of drug-likeness (QED) is 0.337. The Hall–Kier alpha value is -5.19. The van der Waals surface area contributed by atoms with Crippen molar-refractivity contribution in [3.63, 3.8) is 0 Å². The van der Waals surface area contributed by atoms with E-state index in [1.807, 2.05) is 42.5 Å². The molecule has 41 heavy (non-hydrogen) atoms. The van der Waals surface area contributed by atoms with Crippen LogP contribution in [0.3, 0.4) is 0 Å². The number of fused-ring (bicyclic) bond motifs is 2. The van der Waals surface area contributed by atoms with Crippen LogP contribution < -0.4 is 21.9 Å². The first kappa shape index (κ1) is 26.1. The lowest BCUT2D eigenvalue weighted by atomic mass is 10.1. The van der Waals surface area contributed by atoms with E-state index in [-0.39, 0.29) is 36.0 Å². The molecule has 4 heterocycles. The van der Waals surface area contributed by atoms with Crippen LogP contribution in [-0.4, -0.2) is 42.8 Å². The molecule has 2 N–H and O–H groups in total. The maximum Gasteiger partial charge on any atom is 0.337 e. The zero-order chi connectivity index (χ0) is 28.5. The minimum Gasteiger partial charge on any atom is -0.341 e. The lowest BCUT2D eigenvalue weighted by Crippen LogP contribution is -2.44. The van der Waals surface area contributed by atoms with Crippen LogP contribution in [0.25, 0.3) is 27.6 Å². The largest absolute Gasteiger partial charge is 0.341 e. The van der Waals surface area contributed by atoms with Gasteiger partial charge in [-0.15, -0.1) is 5.92 Å². The molecule has 10 heteroatoms. The summed E-state index contributed by atoms with van der Waals surface area (Å²) in [6.07, 6.45) is 1.81. The van der Waals surface area contributed by atoms with Crippen molar-refractivity contribution in [3.05, 3.63) is 92.9 Å². The number of hydrogen-bond acceptors (Lipinski definition) is 7. The van der Waals surface area contributed by atoms with Crippen molar-refractivity contribution in [2.24, 2.45) is 5.73 Å². The molecular weight excluding hydrogens is 516 g/mol. The number of para-hydroxylation sites is 1. The van der Waals surface area contributed by atoms with Gasteiger partial charge in [-0.25, -0.2) is 14.3 Å². The van der Waals surface area contributed by atoms with Crippen LogP contribution in [-0.2, 0) is 13.1 Å². The smallest absolute Gasteiger partial charge is 0.337 e.